The van der Waals surface area contributed by atoms with Gasteiger partial charge < -0.3 is 0 Å². The molecule has 0 radical (unpaired) electrons. The number of hydrogen-bond acceptors (Lipinski definition) is 3. The van der Waals surface area contributed by atoms with Gasteiger partial charge in [-0.2, -0.15) is 0 Å². The normalized spacial score (nSPS) is 11.8. The molecule has 0 aliphatic rings. The van der Waals surface area contributed by atoms with Gasteiger partial charge in [0.05, 0.1) is 0 Å². The van der Waals surface area contributed by atoms with E-state index < -0.39 is 0 Å². The van der Waals surface area contributed by atoms with E-state index >= 15 is 0 Å². The van der Waals surface area contributed by atoms with Crippen LogP contribution in [0.2, 0.25) is 0 Å². The summed E-state index contributed by atoms with van der Waals surface area (Å²) in [7, 11) is 0. The molecule has 0 aromatic carbocycles. The summed E-state index contributed by atoms with van der Waals surface area (Å²) >= 11 is 0. The van der Waals surface area contributed by atoms with Crippen LogP contribution in [0.25, 0.3) is 0 Å². The molecule has 1 amide bonds. The number of carbonyl (C=O) groups is 1. The van der Waals surface area contributed by atoms with E-state index in [1.54, 1.807) is 0 Å². The van der Waals surface area contributed by atoms with E-state index in [-0.39, 0.29) is 17.4 Å². The maximum Gasteiger partial charge on any atom is 0.232 e. The molecular formula is C20H35N3O. The van der Waals surface area contributed by atoms with Gasteiger partial charge in [-0.3, -0.25) is 9.69 Å². The zero-order valence-corrected chi connectivity index (χ0v) is 16.4. The second-order valence-corrected chi connectivity index (χ2v) is 7.87. The summed E-state index contributed by atoms with van der Waals surface area (Å²) < 4.78 is 0. The third-order valence-corrected chi connectivity index (χ3v) is 4.01. The molecule has 0 saturated carbocycles. The molecule has 136 valence electrons. The summed E-state index contributed by atoms with van der Waals surface area (Å²) in [5, 5.41) is 0. The highest BCUT2D eigenvalue weighted by Crippen LogP contribution is 2.25. The van der Waals surface area contributed by atoms with E-state index in [0.717, 1.165) is 44.1 Å². The van der Waals surface area contributed by atoms with Gasteiger partial charge in [0.25, 0.3) is 0 Å². The minimum absolute atomic E-state index is 0.0412. The van der Waals surface area contributed by atoms with E-state index in [2.05, 4.69) is 51.5 Å². The van der Waals surface area contributed by atoms with Gasteiger partial charge in [0, 0.05) is 24.9 Å². The number of anilines is 1. The molecule has 1 aromatic heterocycles. The number of rotatable bonds is 9. The number of nitrogens with zero attached hydrogens (tertiary/aromatic N) is 3. The minimum Gasteiger partial charge on any atom is -0.278 e. The van der Waals surface area contributed by atoms with Gasteiger partial charge in [0.2, 0.25) is 11.9 Å². The van der Waals surface area contributed by atoms with Crippen LogP contribution >= 0.6 is 0 Å². The zero-order valence-electron chi connectivity index (χ0n) is 16.4. The highest BCUT2D eigenvalue weighted by atomic mass is 16.2. The van der Waals surface area contributed by atoms with Crippen molar-refractivity contribution in [3.63, 3.8) is 0 Å². The number of amides is 1. The van der Waals surface area contributed by atoms with Gasteiger partial charge in [-0.15, -0.1) is 0 Å². The fourth-order valence-corrected chi connectivity index (χ4v) is 2.98. The summed E-state index contributed by atoms with van der Waals surface area (Å²) in [5.74, 6) is 0.702. The maximum atomic E-state index is 13.0. The standard InChI is InChI=1S/C20H35N3O/c1-7-10-16-14-21-19(22-15-16)23(17(11-8-2)12-9-3)18(24)13-20(4,5)6/h14-15,17H,7-13H2,1-6H3. The van der Waals surface area contributed by atoms with Crippen LogP contribution in [-0.2, 0) is 11.2 Å². The molecule has 0 atom stereocenters. The third kappa shape index (κ3) is 6.58. The Bertz CT molecular complexity index is 485. The van der Waals surface area contributed by atoms with Crippen molar-refractivity contribution in [3.8, 4) is 0 Å². The number of carbonyl (C=O) groups excluding carboxylic acids is 1. The van der Waals surface area contributed by atoms with Crippen LogP contribution in [0, 0.1) is 5.41 Å². The van der Waals surface area contributed by atoms with Crippen LogP contribution in [-0.4, -0.2) is 21.9 Å². The molecule has 0 bridgehead atoms. The molecule has 1 rings (SSSR count). The molecule has 24 heavy (non-hydrogen) atoms. The van der Waals surface area contributed by atoms with Crippen LogP contribution < -0.4 is 4.90 Å². The Morgan fingerprint density at radius 3 is 2.00 bits per heavy atom. The molecule has 4 nitrogen and oxygen atoms in total. The highest BCUT2D eigenvalue weighted by Gasteiger charge is 2.29. The maximum absolute atomic E-state index is 13.0. The second kappa shape index (κ2) is 9.75. The van der Waals surface area contributed by atoms with Crippen LogP contribution in [0.4, 0.5) is 5.95 Å². The van der Waals surface area contributed by atoms with Gasteiger partial charge in [-0.1, -0.05) is 60.8 Å². The number of hydrogen-bond donors (Lipinski definition) is 0. The molecule has 0 fully saturated rings. The Kier molecular flexibility index (Phi) is 8.37. The van der Waals surface area contributed by atoms with Gasteiger partial charge in [0.1, 0.15) is 0 Å². The predicted molar refractivity (Wildman–Crippen MR) is 101 cm³/mol. The van der Waals surface area contributed by atoms with Crippen molar-refractivity contribution in [3.05, 3.63) is 18.0 Å². The van der Waals surface area contributed by atoms with Gasteiger partial charge in [-0.25, -0.2) is 9.97 Å². The van der Waals surface area contributed by atoms with Crippen molar-refractivity contribution in [1.29, 1.82) is 0 Å². The first-order chi connectivity index (χ1) is 11.3. The monoisotopic (exact) mass is 333 g/mol. The topological polar surface area (TPSA) is 46.1 Å². The van der Waals surface area contributed by atoms with Crippen LogP contribution in [0.3, 0.4) is 0 Å². The first-order valence-electron chi connectivity index (χ1n) is 9.45. The summed E-state index contributed by atoms with van der Waals surface area (Å²) in [6.07, 6.45) is 10.4. The SMILES string of the molecule is CCCc1cnc(N(C(=O)CC(C)(C)C)C(CCC)CCC)nc1. The van der Waals surface area contributed by atoms with Crippen LogP contribution in [0.15, 0.2) is 12.4 Å². The van der Waals surface area contributed by atoms with Crippen molar-refractivity contribution in [2.75, 3.05) is 4.90 Å². The molecule has 0 N–H and O–H groups in total. The Labute approximate surface area is 148 Å². The summed E-state index contributed by atoms with van der Waals surface area (Å²) in [5.41, 5.74) is 1.09. The van der Waals surface area contributed by atoms with Crippen LogP contribution in [0.5, 0.6) is 0 Å². The van der Waals surface area contributed by atoms with Crippen LogP contribution in [0.1, 0.15) is 85.6 Å². The average Bonchev–Trinajstić information content (AvgIpc) is 2.48. The number of aromatic nitrogens is 2. The summed E-state index contributed by atoms with van der Waals surface area (Å²) in [4.78, 5) is 23.9. The quantitative estimate of drug-likeness (QED) is 0.626. The van der Waals surface area contributed by atoms with Crippen molar-refractivity contribution >= 4 is 11.9 Å². The van der Waals surface area contributed by atoms with E-state index in [1.165, 1.54) is 0 Å². The van der Waals surface area contributed by atoms with Gasteiger partial charge >= 0.3 is 0 Å². The zero-order chi connectivity index (χ0) is 18.2. The summed E-state index contributed by atoms with van der Waals surface area (Å²) in [6.45, 7) is 12.8. The Hall–Kier alpha value is -1.45. The lowest BCUT2D eigenvalue weighted by Gasteiger charge is -2.32. The fraction of sp³-hybridized carbons (Fsp3) is 0.750. The van der Waals surface area contributed by atoms with E-state index in [0.29, 0.717) is 12.4 Å². The first kappa shape index (κ1) is 20.6. The lowest BCUT2D eigenvalue weighted by atomic mass is 9.91. The van der Waals surface area contributed by atoms with Crippen molar-refractivity contribution in [1.82, 2.24) is 9.97 Å². The smallest absolute Gasteiger partial charge is 0.232 e. The Morgan fingerprint density at radius 2 is 1.58 bits per heavy atom. The third-order valence-electron chi connectivity index (χ3n) is 4.01. The Balaban J connectivity index is 3.12. The number of aryl methyl sites for hydroxylation is 1. The van der Waals surface area contributed by atoms with Crippen molar-refractivity contribution in [2.24, 2.45) is 5.41 Å². The molecule has 0 unspecified atom stereocenters. The molecule has 0 spiro atoms. The molecule has 4 heteroatoms. The second-order valence-electron chi connectivity index (χ2n) is 7.87. The van der Waals surface area contributed by atoms with Gasteiger partial charge in [0.15, 0.2) is 0 Å². The molecule has 1 aromatic rings. The lowest BCUT2D eigenvalue weighted by molar-refractivity contribution is -0.120. The van der Waals surface area contributed by atoms with Crippen molar-refractivity contribution < 1.29 is 4.79 Å². The molecule has 1 heterocycles. The van der Waals surface area contributed by atoms with E-state index in [1.807, 2.05) is 17.3 Å². The van der Waals surface area contributed by atoms with Crippen molar-refractivity contribution in [2.45, 2.75) is 92.5 Å². The van der Waals surface area contributed by atoms with E-state index in [9.17, 15) is 4.79 Å². The van der Waals surface area contributed by atoms with Gasteiger partial charge in [-0.05, 0) is 30.2 Å². The molecule has 0 aliphatic heterocycles. The minimum atomic E-state index is -0.0412. The first-order valence-corrected chi connectivity index (χ1v) is 9.45. The van der Waals surface area contributed by atoms with E-state index in [4.69, 9.17) is 0 Å². The Morgan fingerprint density at radius 1 is 1.04 bits per heavy atom. The molecule has 0 saturated heterocycles. The highest BCUT2D eigenvalue weighted by molar-refractivity contribution is 5.92. The largest absolute Gasteiger partial charge is 0.278 e. The summed E-state index contributed by atoms with van der Waals surface area (Å²) in [6, 6.07) is 0.187. The lowest BCUT2D eigenvalue weighted by Crippen LogP contribution is -2.43. The average molecular weight is 334 g/mol. The fourth-order valence-electron chi connectivity index (χ4n) is 2.98. The molecule has 0 aliphatic carbocycles. The predicted octanol–water partition coefficient (Wildman–Crippen LogP) is 5.17. The molecular weight excluding hydrogens is 298 g/mol.